The lowest BCUT2D eigenvalue weighted by atomic mass is 10.0. The van der Waals surface area contributed by atoms with Crippen molar-refractivity contribution in [1.29, 1.82) is 0 Å². The quantitative estimate of drug-likeness (QED) is 0.765. The molecule has 0 radical (unpaired) electrons. The molecule has 0 saturated heterocycles. The fourth-order valence-electron chi connectivity index (χ4n) is 1.72. The van der Waals surface area contributed by atoms with Crippen molar-refractivity contribution in [3.8, 4) is 11.5 Å². The third-order valence-corrected chi connectivity index (χ3v) is 2.47. The first-order chi connectivity index (χ1) is 7.33. The topological polar surface area (TPSA) is 53.7 Å². The summed E-state index contributed by atoms with van der Waals surface area (Å²) in [6.45, 7) is 3.72. The second kappa shape index (κ2) is 4.51. The summed E-state index contributed by atoms with van der Waals surface area (Å²) in [5.41, 5.74) is 1.08. The number of benzene rings is 1. The summed E-state index contributed by atoms with van der Waals surface area (Å²) in [7, 11) is 0. The molecule has 0 aromatic heterocycles. The Morgan fingerprint density at radius 2 is 2.20 bits per heavy atom. The van der Waals surface area contributed by atoms with Gasteiger partial charge in [0.25, 0.3) is 0 Å². The summed E-state index contributed by atoms with van der Waals surface area (Å²) in [6, 6.07) is 5.88. The van der Waals surface area contributed by atoms with E-state index in [0.717, 1.165) is 17.1 Å². The first kappa shape index (κ1) is 10.3. The Kier molecular flexibility index (Phi) is 3.08. The fourth-order valence-corrected chi connectivity index (χ4v) is 1.72. The van der Waals surface area contributed by atoms with Gasteiger partial charge in [0, 0.05) is 11.5 Å². The molecule has 0 spiro atoms. The lowest BCUT2D eigenvalue weighted by molar-refractivity contribution is 0.123. The fraction of sp³-hybridized carbons (Fsp3) is 0.455. The van der Waals surface area contributed by atoms with Crippen LogP contribution in [0.1, 0.15) is 18.4 Å². The maximum absolute atomic E-state index is 5.60. The monoisotopic (exact) mass is 209 g/mol. The van der Waals surface area contributed by atoms with Crippen LogP contribution in [0.3, 0.4) is 0 Å². The Balaban J connectivity index is 2.30. The van der Waals surface area contributed by atoms with Gasteiger partial charge in [0.15, 0.2) is 11.5 Å². The molecule has 0 fully saturated rings. The molecule has 1 unspecified atom stereocenters. The highest BCUT2D eigenvalue weighted by Crippen LogP contribution is 2.37. The molecule has 1 aliphatic heterocycles. The van der Waals surface area contributed by atoms with Gasteiger partial charge in [-0.1, -0.05) is 19.1 Å². The minimum atomic E-state index is 0.201. The van der Waals surface area contributed by atoms with E-state index >= 15 is 0 Å². The first-order valence-corrected chi connectivity index (χ1v) is 5.03. The van der Waals surface area contributed by atoms with Gasteiger partial charge in [0.2, 0.25) is 0 Å². The molecule has 1 aromatic rings. The van der Waals surface area contributed by atoms with E-state index in [-0.39, 0.29) is 5.92 Å². The van der Waals surface area contributed by atoms with Gasteiger partial charge < -0.3 is 14.3 Å². The van der Waals surface area contributed by atoms with Crippen molar-refractivity contribution in [3.05, 3.63) is 23.8 Å². The third-order valence-electron chi connectivity index (χ3n) is 2.47. The standard InChI is InChI=1S/C11H15NO3/c1-8(7-15-12)9-3-2-4-10-11(9)14-6-5-13-10/h2-4,8H,5-7,12H2,1H3. The Morgan fingerprint density at radius 3 is 3.00 bits per heavy atom. The summed E-state index contributed by atoms with van der Waals surface area (Å²) in [5.74, 6) is 6.91. The number of fused-ring (bicyclic) bond motifs is 1. The van der Waals surface area contributed by atoms with Crippen molar-refractivity contribution in [1.82, 2.24) is 0 Å². The molecule has 1 atom stereocenters. The Morgan fingerprint density at radius 1 is 1.40 bits per heavy atom. The van der Waals surface area contributed by atoms with Crippen LogP contribution in [0.2, 0.25) is 0 Å². The molecule has 2 N–H and O–H groups in total. The van der Waals surface area contributed by atoms with Crippen LogP contribution in [0, 0.1) is 0 Å². The van der Waals surface area contributed by atoms with Crippen LogP contribution in [0.25, 0.3) is 0 Å². The van der Waals surface area contributed by atoms with Gasteiger partial charge in [-0.25, -0.2) is 5.90 Å². The first-order valence-electron chi connectivity index (χ1n) is 5.03. The summed E-state index contributed by atoms with van der Waals surface area (Å²) in [5, 5.41) is 0. The lowest BCUT2D eigenvalue weighted by Crippen LogP contribution is -2.18. The van der Waals surface area contributed by atoms with Crippen LogP contribution < -0.4 is 15.4 Å². The van der Waals surface area contributed by atoms with Crippen LogP contribution >= 0.6 is 0 Å². The molecule has 1 heterocycles. The molecular formula is C11H15NO3. The van der Waals surface area contributed by atoms with Crippen molar-refractivity contribution in [2.75, 3.05) is 19.8 Å². The summed E-state index contributed by atoms with van der Waals surface area (Å²) < 4.78 is 11.1. The molecule has 0 aliphatic carbocycles. The van der Waals surface area contributed by atoms with Gasteiger partial charge in [0.1, 0.15) is 13.2 Å². The average Bonchev–Trinajstić information content (AvgIpc) is 2.28. The van der Waals surface area contributed by atoms with Gasteiger partial charge >= 0.3 is 0 Å². The molecule has 4 heteroatoms. The summed E-state index contributed by atoms with van der Waals surface area (Å²) in [4.78, 5) is 4.65. The highest BCUT2D eigenvalue weighted by atomic mass is 16.6. The minimum absolute atomic E-state index is 0.201. The van der Waals surface area contributed by atoms with Crippen molar-refractivity contribution in [3.63, 3.8) is 0 Å². The van der Waals surface area contributed by atoms with E-state index in [4.69, 9.17) is 15.4 Å². The Hall–Kier alpha value is -1.26. The average molecular weight is 209 g/mol. The zero-order valence-electron chi connectivity index (χ0n) is 8.73. The molecule has 0 amide bonds. The van der Waals surface area contributed by atoms with Crippen LogP contribution in [-0.4, -0.2) is 19.8 Å². The van der Waals surface area contributed by atoms with E-state index in [1.54, 1.807) is 0 Å². The maximum atomic E-state index is 5.60. The van der Waals surface area contributed by atoms with Crippen LogP contribution in [0.15, 0.2) is 18.2 Å². The van der Waals surface area contributed by atoms with Gasteiger partial charge in [-0.05, 0) is 6.07 Å². The van der Waals surface area contributed by atoms with E-state index in [1.807, 2.05) is 25.1 Å². The van der Waals surface area contributed by atoms with E-state index in [1.165, 1.54) is 0 Å². The molecule has 15 heavy (non-hydrogen) atoms. The smallest absolute Gasteiger partial charge is 0.164 e. The molecule has 2 rings (SSSR count). The van der Waals surface area contributed by atoms with Gasteiger partial charge in [0.05, 0.1) is 6.61 Å². The number of nitrogens with two attached hydrogens (primary N) is 1. The van der Waals surface area contributed by atoms with Crippen molar-refractivity contribution in [2.45, 2.75) is 12.8 Å². The Bertz CT molecular complexity index is 341. The van der Waals surface area contributed by atoms with E-state index in [2.05, 4.69) is 4.84 Å². The normalized spacial score (nSPS) is 16.1. The molecule has 1 aliphatic rings. The Labute approximate surface area is 88.9 Å². The van der Waals surface area contributed by atoms with Gasteiger partial charge in [-0.3, -0.25) is 0 Å². The SMILES string of the molecule is CC(CON)c1cccc2c1OCCO2. The van der Waals surface area contributed by atoms with Crippen LogP contribution in [-0.2, 0) is 4.84 Å². The summed E-state index contributed by atoms with van der Waals surface area (Å²) in [6.07, 6.45) is 0. The highest BCUT2D eigenvalue weighted by Gasteiger charge is 2.19. The second-order valence-electron chi connectivity index (χ2n) is 3.61. The number of hydrogen-bond acceptors (Lipinski definition) is 4. The molecule has 0 saturated carbocycles. The van der Waals surface area contributed by atoms with Crippen molar-refractivity contribution in [2.24, 2.45) is 5.90 Å². The van der Waals surface area contributed by atoms with Crippen LogP contribution in [0.5, 0.6) is 11.5 Å². The third kappa shape index (κ3) is 2.06. The lowest BCUT2D eigenvalue weighted by Gasteiger charge is -2.23. The van der Waals surface area contributed by atoms with Gasteiger partial charge in [-0.15, -0.1) is 0 Å². The number of rotatable bonds is 3. The maximum Gasteiger partial charge on any atom is 0.164 e. The molecule has 4 nitrogen and oxygen atoms in total. The second-order valence-corrected chi connectivity index (χ2v) is 3.61. The number of hydrogen-bond donors (Lipinski definition) is 1. The van der Waals surface area contributed by atoms with E-state index in [0.29, 0.717) is 19.8 Å². The predicted octanol–water partition coefficient (Wildman–Crippen LogP) is 1.45. The highest BCUT2D eigenvalue weighted by molar-refractivity contribution is 5.48. The van der Waals surface area contributed by atoms with Crippen molar-refractivity contribution >= 4 is 0 Å². The van der Waals surface area contributed by atoms with Gasteiger partial charge in [-0.2, -0.15) is 0 Å². The number of ether oxygens (including phenoxy) is 2. The molecule has 0 bridgehead atoms. The van der Waals surface area contributed by atoms with E-state index < -0.39 is 0 Å². The number of para-hydroxylation sites is 1. The van der Waals surface area contributed by atoms with Crippen molar-refractivity contribution < 1.29 is 14.3 Å². The van der Waals surface area contributed by atoms with E-state index in [9.17, 15) is 0 Å². The zero-order chi connectivity index (χ0) is 10.7. The molecular weight excluding hydrogens is 194 g/mol. The summed E-state index contributed by atoms with van der Waals surface area (Å²) >= 11 is 0. The van der Waals surface area contributed by atoms with Crippen LogP contribution in [0.4, 0.5) is 0 Å². The molecule has 82 valence electrons. The minimum Gasteiger partial charge on any atom is -0.486 e. The zero-order valence-corrected chi connectivity index (χ0v) is 8.73. The molecule has 1 aromatic carbocycles. The largest absolute Gasteiger partial charge is 0.486 e. The predicted molar refractivity (Wildman–Crippen MR) is 56.0 cm³/mol.